The van der Waals surface area contributed by atoms with Crippen LogP contribution in [-0.4, -0.2) is 29.2 Å². The Labute approximate surface area is 130 Å². The van der Waals surface area contributed by atoms with E-state index < -0.39 is 0 Å². The highest BCUT2D eigenvalue weighted by Gasteiger charge is 2.19. The molecule has 0 spiro atoms. The topological polar surface area (TPSA) is 75.3 Å². The first-order valence-corrected chi connectivity index (χ1v) is 7.58. The molecule has 2 aromatic rings. The SMILES string of the molecule is CN=C(NCc1nc(C)no1)NC1CCc2ccccc2C1. The average molecular weight is 299 g/mol. The van der Waals surface area contributed by atoms with Crippen LogP contribution in [0.15, 0.2) is 33.8 Å². The Morgan fingerprint density at radius 3 is 2.91 bits per heavy atom. The zero-order valence-corrected chi connectivity index (χ0v) is 13.0. The zero-order valence-electron chi connectivity index (χ0n) is 13.0. The van der Waals surface area contributed by atoms with Gasteiger partial charge in [-0.1, -0.05) is 29.4 Å². The smallest absolute Gasteiger partial charge is 0.246 e. The molecule has 1 atom stereocenters. The molecule has 116 valence electrons. The maximum absolute atomic E-state index is 5.09. The van der Waals surface area contributed by atoms with E-state index in [0.717, 1.165) is 25.2 Å². The summed E-state index contributed by atoms with van der Waals surface area (Å²) >= 11 is 0. The number of fused-ring (bicyclic) bond motifs is 1. The summed E-state index contributed by atoms with van der Waals surface area (Å²) in [7, 11) is 1.77. The van der Waals surface area contributed by atoms with Crippen molar-refractivity contribution in [3.8, 4) is 0 Å². The average Bonchev–Trinajstić information content (AvgIpc) is 2.96. The summed E-state index contributed by atoms with van der Waals surface area (Å²) in [5, 5.41) is 10.5. The van der Waals surface area contributed by atoms with Crippen molar-refractivity contribution in [3.63, 3.8) is 0 Å². The molecule has 0 amide bonds. The number of benzene rings is 1. The number of guanidine groups is 1. The summed E-state index contributed by atoms with van der Waals surface area (Å²) in [6.07, 6.45) is 3.24. The number of hydrogen-bond donors (Lipinski definition) is 2. The minimum Gasteiger partial charge on any atom is -0.353 e. The van der Waals surface area contributed by atoms with Crippen LogP contribution in [0.2, 0.25) is 0 Å². The van der Waals surface area contributed by atoms with Gasteiger partial charge in [0.1, 0.15) is 0 Å². The monoisotopic (exact) mass is 299 g/mol. The quantitative estimate of drug-likeness (QED) is 0.665. The lowest BCUT2D eigenvalue weighted by molar-refractivity contribution is 0.371. The predicted octanol–water partition coefficient (Wildman–Crippen LogP) is 1.60. The molecule has 6 heteroatoms. The fraction of sp³-hybridized carbons (Fsp3) is 0.438. The van der Waals surface area contributed by atoms with Crippen LogP contribution in [0, 0.1) is 6.92 Å². The second-order valence-corrected chi connectivity index (χ2v) is 5.51. The second-order valence-electron chi connectivity index (χ2n) is 5.51. The Balaban J connectivity index is 1.55. The van der Waals surface area contributed by atoms with E-state index in [9.17, 15) is 0 Å². The van der Waals surface area contributed by atoms with E-state index in [2.05, 4.69) is 50.0 Å². The first-order chi connectivity index (χ1) is 10.7. The molecule has 0 saturated carbocycles. The molecule has 0 bridgehead atoms. The Morgan fingerprint density at radius 2 is 2.18 bits per heavy atom. The van der Waals surface area contributed by atoms with Crippen molar-refractivity contribution in [1.82, 2.24) is 20.8 Å². The van der Waals surface area contributed by atoms with Crippen LogP contribution in [-0.2, 0) is 19.4 Å². The maximum atomic E-state index is 5.09. The van der Waals surface area contributed by atoms with Gasteiger partial charge in [-0.25, -0.2) is 0 Å². The molecule has 2 N–H and O–H groups in total. The van der Waals surface area contributed by atoms with Crippen LogP contribution in [0.1, 0.15) is 29.3 Å². The lowest BCUT2D eigenvalue weighted by atomic mass is 9.88. The van der Waals surface area contributed by atoms with E-state index in [1.807, 2.05) is 0 Å². The number of aliphatic imine (C=N–C) groups is 1. The lowest BCUT2D eigenvalue weighted by Gasteiger charge is -2.26. The third-order valence-electron chi connectivity index (χ3n) is 3.89. The molecule has 1 aromatic heterocycles. The molecule has 3 rings (SSSR count). The van der Waals surface area contributed by atoms with Crippen LogP contribution in [0.5, 0.6) is 0 Å². The molecule has 1 aliphatic rings. The van der Waals surface area contributed by atoms with E-state index in [-0.39, 0.29) is 0 Å². The molecule has 1 unspecified atom stereocenters. The standard InChI is InChI=1S/C16H21N5O/c1-11-19-15(22-21-11)10-18-16(17-2)20-14-8-7-12-5-3-4-6-13(12)9-14/h3-6,14H,7-10H2,1-2H3,(H2,17,18,20). The lowest BCUT2D eigenvalue weighted by Crippen LogP contribution is -2.45. The summed E-state index contributed by atoms with van der Waals surface area (Å²) in [6.45, 7) is 2.28. The van der Waals surface area contributed by atoms with Gasteiger partial charge >= 0.3 is 0 Å². The number of rotatable bonds is 3. The molecule has 0 aliphatic heterocycles. The first-order valence-electron chi connectivity index (χ1n) is 7.58. The minimum atomic E-state index is 0.394. The van der Waals surface area contributed by atoms with E-state index >= 15 is 0 Å². The fourth-order valence-electron chi connectivity index (χ4n) is 2.78. The van der Waals surface area contributed by atoms with Gasteiger partial charge in [0.15, 0.2) is 11.8 Å². The largest absolute Gasteiger partial charge is 0.353 e. The van der Waals surface area contributed by atoms with Gasteiger partial charge in [0, 0.05) is 13.1 Å². The predicted molar refractivity (Wildman–Crippen MR) is 84.6 cm³/mol. The van der Waals surface area contributed by atoms with Crippen LogP contribution in [0.4, 0.5) is 0 Å². The van der Waals surface area contributed by atoms with Gasteiger partial charge in [0.25, 0.3) is 0 Å². The van der Waals surface area contributed by atoms with Gasteiger partial charge in [0.2, 0.25) is 5.89 Å². The summed E-state index contributed by atoms with van der Waals surface area (Å²) in [6, 6.07) is 9.04. The van der Waals surface area contributed by atoms with Crippen LogP contribution < -0.4 is 10.6 Å². The highest BCUT2D eigenvalue weighted by molar-refractivity contribution is 5.79. The molecule has 1 aliphatic carbocycles. The van der Waals surface area contributed by atoms with Gasteiger partial charge < -0.3 is 15.2 Å². The number of nitrogens with one attached hydrogen (secondary N) is 2. The molecule has 0 radical (unpaired) electrons. The zero-order chi connectivity index (χ0) is 15.4. The third-order valence-corrected chi connectivity index (χ3v) is 3.89. The van der Waals surface area contributed by atoms with Gasteiger partial charge in [-0.15, -0.1) is 0 Å². The molecule has 0 saturated heterocycles. The summed E-state index contributed by atoms with van der Waals surface area (Å²) in [4.78, 5) is 8.44. The van der Waals surface area contributed by atoms with Crippen LogP contribution in [0.25, 0.3) is 0 Å². The normalized spacial score (nSPS) is 17.9. The van der Waals surface area contributed by atoms with Gasteiger partial charge in [0.05, 0.1) is 6.54 Å². The molecule has 22 heavy (non-hydrogen) atoms. The highest BCUT2D eigenvalue weighted by atomic mass is 16.5. The second kappa shape index (κ2) is 6.60. The van der Waals surface area contributed by atoms with Gasteiger partial charge in [-0.3, -0.25) is 4.99 Å². The molecular formula is C16H21N5O. The van der Waals surface area contributed by atoms with Gasteiger partial charge in [-0.2, -0.15) is 4.98 Å². The van der Waals surface area contributed by atoms with Crippen molar-refractivity contribution in [1.29, 1.82) is 0 Å². The minimum absolute atomic E-state index is 0.394. The molecule has 0 fully saturated rings. The summed E-state index contributed by atoms with van der Waals surface area (Å²) in [5.74, 6) is 1.97. The number of nitrogens with zero attached hydrogens (tertiary/aromatic N) is 3. The Hall–Kier alpha value is -2.37. The molecular weight excluding hydrogens is 278 g/mol. The van der Waals surface area contributed by atoms with Crippen molar-refractivity contribution in [3.05, 3.63) is 47.1 Å². The fourth-order valence-corrected chi connectivity index (χ4v) is 2.78. The summed E-state index contributed by atoms with van der Waals surface area (Å²) < 4.78 is 5.09. The van der Waals surface area contributed by atoms with Crippen molar-refractivity contribution in [2.45, 2.75) is 38.8 Å². The Kier molecular flexibility index (Phi) is 4.37. The van der Waals surface area contributed by atoms with E-state index in [1.165, 1.54) is 11.1 Å². The number of aryl methyl sites for hydroxylation is 2. The first kappa shape index (κ1) is 14.6. The van der Waals surface area contributed by atoms with Crippen molar-refractivity contribution in [2.24, 2.45) is 4.99 Å². The van der Waals surface area contributed by atoms with Crippen molar-refractivity contribution in [2.75, 3.05) is 7.05 Å². The van der Waals surface area contributed by atoms with E-state index in [0.29, 0.717) is 24.3 Å². The summed E-state index contributed by atoms with van der Waals surface area (Å²) in [5.41, 5.74) is 2.89. The highest BCUT2D eigenvalue weighted by Crippen LogP contribution is 2.20. The van der Waals surface area contributed by atoms with E-state index in [1.54, 1.807) is 14.0 Å². The van der Waals surface area contributed by atoms with Crippen molar-refractivity contribution < 1.29 is 4.52 Å². The third kappa shape index (κ3) is 3.44. The molecule has 1 heterocycles. The van der Waals surface area contributed by atoms with Crippen LogP contribution >= 0.6 is 0 Å². The maximum Gasteiger partial charge on any atom is 0.246 e. The Morgan fingerprint density at radius 1 is 1.36 bits per heavy atom. The number of hydrogen-bond acceptors (Lipinski definition) is 4. The Bertz CT molecular complexity index is 664. The van der Waals surface area contributed by atoms with Gasteiger partial charge in [-0.05, 0) is 37.3 Å². The van der Waals surface area contributed by atoms with E-state index in [4.69, 9.17) is 4.52 Å². The number of aromatic nitrogens is 2. The molecule has 6 nitrogen and oxygen atoms in total. The van der Waals surface area contributed by atoms with Crippen LogP contribution in [0.3, 0.4) is 0 Å². The molecule has 1 aromatic carbocycles. The van der Waals surface area contributed by atoms with Crippen molar-refractivity contribution >= 4 is 5.96 Å².